The fourth-order valence-corrected chi connectivity index (χ4v) is 3.14. The van der Waals surface area contributed by atoms with Gasteiger partial charge in [-0.25, -0.2) is 0 Å². The highest BCUT2D eigenvalue weighted by Gasteiger charge is 2.18. The van der Waals surface area contributed by atoms with Crippen LogP contribution in [0.25, 0.3) is 0 Å². The number of amides is 2. The van der Waals surface area contributed by atoms with Gasteiger partial charge in [0.2, 0.25) is 5.91 Å². The molecule has 0 radical (unpaired) electrons. The minimum Gasteiger partial charge on any atom is -0.494 e. The summed E-state index contributed by atoms with van der Waals surface area (Å²) in [6.45, 7) is 4.47. The fourth-order valence-electron chi connectivity index (χ4n) is 3.14. The van der Waals surface area contributed by atoms with Gasteiger partial charge in [-0.1, -0.05) is 54.6 Å². The molecule has 1 atom stereocenters. The monoisotopic (exact) mass is 402 g/mol. The molecular formula is C25H26N2O3. The lowest BCUT2D eigenvalue weighted by Gasteiger charge is -2.20. The maximum Gasteiger partial charge on any atom is 0.252 e. The molecule has 0 aliphatic carbocycles. The van der Waals surface area contributed by atoms with Crippen LogP contribution in [-0.2, 0) is 11.3 Å². The zero-order valence-electron chi connectivity index (χ0n) is 17.2. The number of hydrogen-bond donors (Lipinski definition) is 2. The Labute approximate surface area is 177 Å². The van der Waals surface area contributed by atoms with E-state index in [0.29, 0.717) is 18.7 Å². The van der Waals surface area contributed by atoms with E-state index >= 15 is 0 Å². The molecule has 0 saturated carbocycles. The Bertz CT molecular complexity index is 968. The molecular weight excluding hydrogens is 376 g/mol. The summed E-state index contributed by atoms with van der Waals surface area (Å²) in [5, 5.41) is 5.89. The molecule has 2 amide bonds. The van der Waals surface area contributed by atoms with Crippen LogP contribution in [0.5, 0.6) is 5.75 Å². The second kappa shape index (κ2) is 10.3. The molecule has 3 rings (SSSR count). The van der Waals surface area contributed by atoms with Crippen LogP contribution in [0.3, 0.4) is 0 Å². The van der Waals surface area contributed by atoms with Crippen molar-refractivity contribution >= 4 is 11.8 Å². The molecule has 0 aliphatic rings. The number of carbonyl (C=O) groups excluding carboxylic acids is 2. The first-order chi connectivity index (χ1) is 14.6. The maximum atomic E-state index is 12.9. The van der Waals surface area contributed by atoms with E-state index in [0.717, 1.165) is 22.4 Å². The summed E-state index contributed by atoms with van der Waals surface area (Å²) in [4.78, 5) is 24.0. The van der Waals surface area contributed by atoms with E-state index < -0.39 is 0 Å². The van der Waals surface area contributed by atoms with E-state index in [-0.39, 0.29) is 17.9 Å². The quantitative estimate of drug-likeness (QED) is 0.592. The van der Waals surface area contributed by atoms with Crippen LogP contribution in [0.4, 0.5) is 0 Å². The molecule has 0 aromatic heterocycles. The second-order valence-corrected chi connectivity index (χ2v) is 6.93. The normalized spacial score (nSPS) is 11.4. The average molecular weight is 402 g/mol. The van der Waals surface area contributed by atoms with E-state index in [4.69, 9.17) is 4.74 Å². The van der Waals surface area contributed by atoms with Crippen molar-refractivity contribution in [1.82, 2.24) is 10.6 Å². The number of ether oxygens (including phenoxy) is 1. The molecule has 0 bridgehead atoms. The van der Waals surface area contributed by atoms with Crippen LogP contribution >= 0.6 is 0 Å². The van der Waals surface area contributed by atoms with Gasteiger partial charge in [0, 0.05) is 19.0 Å². The van der Waals surface area contributed by atoms with E-state index in [1.54, 1.807) is 12.1 Å². The average Bonchev–Trinajstić information content (AvgIpc) is 2.78. The Morgan fingerprint density at radius 2 is 1.50 bits per heavy atom. The van der Waals surface area contributed by atoms with Gasteiger partial charge in [0.15, 0.2) is 0 Å². The predicted octanol–water partition coefficient (Wildman–Crippen LogP) is 4.24. The minimum atomic E-state index is -0.284. The van der Waals surface area contributed by atoms with Crippen molar-refractivity contribution < 1.29 is 14.3 Å². The van der Waals surface area contributed by atoms with Gasteiger partial charge in [0.05, 0.1) is 12.6 Å². The Morgan fingerprint density at radius 3 is 2.10 bits per heavy atom. The van der Waals surface area contributed by atoms with Crippen molar-refractivity contribution in [1.29, 1.82) is 0 Å². The van der Waals surface area contributed by atoms with Crippen LogP contribution in [0.15, 0.2) is 78.9 Å². The number of carbonyl (C=O) groups is 2. The minimum absolute atomic E-state index is 0.0853. The Balaban J connectivity index is 1.79. The number of rotatable bonds is 8. The van der Waals surface area contributed by atoms with Gasteiger partial charge in [-0.3, -0.25) is 9.59 Å². The van der Waals surface area contributed by atoms with Gasteiger partial charge >= 0.3 is 0 Å². The first-order valence-corrected chi connectivity index (χ1v) is 9.98. The van der Waals surface area contributed by atoms with Crippen molar-refractivity contribution in [2.24, 2.45) is 0 Å². The molecule has 0 heterocycles. The highest BCUT2D eigenvalue weighted by Crippen LogP contribution is 2.25. The lowest BCUT2D eigenvalue weighted by atomic mass is 9.98. The van der Waals surface area contributed by atoms with Crippen LogP contribution in [0.1, 0.15) is 46.9 Å². The topological polar surface area (TPSA) is 67.4 Å². The molecule has 0 fully saturated rings. The molecule has 0 aliphatic heterocycles. The molecule has 2 N–H and O–H groups in total. The molecule has 5 nitrogen and oxygen atoms in total. The number of nitrogens with one attached hydrogen (secondary N) is 2. The summed E-state index contributed by atoms with van der Waals surface area (Å²) in [6, 6.07) is 24.6. The largest absolute Gasteiger partial charge is 0.494 e. The third-order valence-corrected chi connectivity index (χ3v) is 4.69. The van der Waals surface area contributed by atoms with E-state index in [1.807, 2.05) is 73.7 Å². The van der Waals surface area contributed by atoms with Crippen molar-refractivity contribution in [2.75, 3.05) is 6.61 Å². The standard InChI is InChI=1S/C25H26N2O3/c1-3-30-23-15-13-21(14-16-23)24(20-7-5-4-6-8-20)27-25(29)22-11-9-19(10-12-22)17-26-18(2)28/h4-16,24H,3,17H2,1-2H3,(H,26,28)(H,27,29). The van der Waals surface area contributed by atoms with E-state index in [1.165, 1.54) is 6.92 Å². The third kappa shape index (κ3) is 5.70. The number of benzene rings is 3. The molecule has 5 heteroatoms. The molecule has 3 aromatic carbocycles. The first kappa shape index (κ1) is 21.1. The molecule has 3 aromatic rings. The second-order valence-electron chi connectivity index (χ2n) is 6.93. The summed E-state index contributed by atoms with van der Waals surface area (Å²) in [7, 11) is 0. The van der Waals surface area contributed by atoms with E-state index in [2.05, 4.69) is 10.6 Å². The van der Waals surface area contributed by atoms with Gasteiger partial charge in [-0.05, 0) is 47.9 Å². The third-order valence-electron chi connectivity index (χ3n) is 4.69. The molecule has 30 heavy (non-hydrogen) atoms. The van der Waals surface area contributed by atoms with Gasteiger partial charge in [0.1, 0.15) is 5.75 Å². The van der Waals surface area contributed by atoms with Crippen molar-refractivity contribution in [2.45, 2.75) is 26.4 Å². The summed E-state index contributed by atoms with van der Waals surface area (Å²) in [6.07, 6.45) is 0. The van der Waals surface area contributed by atoms with Gasteiger partial charge in [0.25, 0.3) is 5.91 Å². The highest BCUT2D eigenvalue weighted by atomic mass is 16.5. The molecule has 0 spiro atoms. The summed E-state index contributed by atoms with van der Waals surface area (Å²) < 4.78 is 5.53. The first-order valence-electron chi connectivity index (χ1n) is 9.98. The van der Waals surface area contributed by atoms with Gasteiger partial charge < -0.3 is 15.4 Å². The lowest BCUT2D eigenvalue weighted by molar-refractivity contribution is -0.119. The fraction of sp³-hybridized carbons (Fsp3) is 0.200. The van der Waals surface area contributed by atoms with Crippen molar-refractivity contribution in [3.05, 3.63) is 101 Å². The van der Waals surface area contributed by atoms with Crippen LogP contribution in [0.2, 0.25) is 0 Å². The zero-order valence-corrected chi connectivity index (χ0v) is 17.2. The molecule has 0 saturated heterocycles. The van der Waals surface area contributed by atoms with Crippen LogP contribution in [0, 0.1) is 0 Å². The smallest absolute Gasteiger partial charge is 0.252 e. The van der Waals surface area contributed by atoms with Crippen molar-refractivity contribution in [3.8, 4) is 5.75 Å². The van der Waals surface area contributed by atoms with E-state index in [9.17, 15) is 9.59 Å². The Kier molecular flexibility index (Phi) is 7.22. The maximum absolute atomic E-state index is 12.9. The molecule has 1 unspecified atom stereocenters. The lowest BCUT2D eigenvalue weighted by Crippen LogP contribution is -2.29. The van der Waals surface area contributed by atoms with Gasteiger partial charge in [-0.15, -0.1) is 0 Å². The summed E-state index contributed by atoms with van der Waals surface area (Å²) in [5.41, 5.74) is 3.47. The predicted molar refractivity (Wildman–Crippen MR) is 117 cm³/mol. The summed E-state index contributed by atoms with van der Waals surface area (Å²) in [5.74, 6) is 0.552. The Hall–Kier alpha value is -3.60. The Morgan fingerprint density at radius 1 is 0.867 bits per heavy atom. The zero-order chi connectivity index (χ0) is 21.3. The van der Waals surface area contributed by atoms with Crippen LogP contribution < -0.4 is 15.4 Å². The van der Waals surface area contributed by atoms with Crippen molar-refractivity contribution in [3.63, 3.8) is 0 Å². The number of hydrogen-bond acceptors (Lipinski definition) is 3. The molecule has 154 valence electrons. The summed E-state index contributed by atoms with van der Waals surface area (Å²) >= 11 is 0. The SMILES string of the molecule is CCOc1ccc(C(NC(=O)c2ccc(CNC(C)=O)cc2)c2ccccc2)cc1. The highest BCUT2D eigenvalue weighted by molar-refractivity contribution is 5.94. The van der Waals surface area contributed by atoms with Crippen LogP contribution in [-0.4, -0.2) is 18.4 Å². The van der Waals surface area contributed by atoms with Gasteiger partial charge in [-0.2, -0.15) is 0 Å².